The van der Waals surface area contributed by atoms with Gasteiger partial charge in [-0.05, 0) is 18.6 Å². The topological polar surface area (TPSA) is 66.0 Å². The molecular weight excluding hydrogens is 252 g/mol. The van der Waals surface area contributed by atoms with Gasteiger partial charge in [0.2, 0.25) is 5.91 Å². The van der Waals surface area contributed by atoms with Crippen LogP contribution in [0.4, 0.5) is 0 Å². The minimum absolute atomic E-state index is 0.0133. The number of hydrogen-bond donors (Lipinski definition) is 3. The van der Waals surface area contributed by atoms with Crippen molar-refractivity contribution < 1.29 is 4.79 Å². The minimum atomic E-state index is -0.212. The highest BCUT2D eigenvalue weighted by atomic mass is 16.2. The molecular formula is C15H18N4O. The van der Waals surface area contributed by atoms with Crippen molar-refractivity contribution in [3.05, 3.63) is 54.4 Å². The summed E-state index contributed by atoms with van der Waals surface area (Å²) >= 11 is 0. The molecule has 5 heteroatoms. The van der Waals surface area contributed by atoms with Crippen LogP contribution in [0.25, 0.3) is 0 Å². The van der Waals surface area contributed by atoms with Crippen molar-refractivity contribution in [2.24, 2.45) is 5.92 Å². The fourth-order valence-electron chi connectivity index (χ4n) is 2.63. The Hall–Kier alpha value is -1.98. The average Bonchev–Trinajstić information content (AvgIpc) is 2.75. The largest absolute Gasteiger partial charge is 0.349 e. The molecule has 0 spiro atoms. The van der Waals surface area contributed by atoms with E-state index in [9.17, 15) is 4.79 Å². The second-order valence-corrected chi connectivity index (χ2v) is 5.04. The fraction of sp³-hybridized carbons (Fsp3) is 0.333. The first-order chi connectivity index (χ1) is 9.84. The molecule has 104 valence electrons. The Balaban J connectivity index is 1.60. The maximum atomic E-state index is 12.3. The molecule has 20 heavy (non-hydrogen) atoms. The Kier molecular flexibility index (Phi) is 3.90. The number of amides is 1. The van der Waals surface area contributed by atoms with E-state index in [-0.39, 0.29) is 23.9 Å². The fourth-order valence-corrected chi connectivity index (χ4v) is 2.63. The molecule has 1 aliphatic heterocycles. The second kappa shape index (κ2) is 5.98. The number of carbonyl (C=O) groups excluding carboxylic acids is 1. The maximum absolute atomic E-state index is 12.3. The molecule has 1 aromatic heterocycles. The minimum Gasteiger partial charge on any atom is -0.349 e. The van der Waals surface area contributed by atoms with Crippen molar-refractivity contribution in [1.29, 1.82) is 0 Å². The van der Waals surface area contributed by atoms with Crippen LogP contribution in [-0.2, 0) is 11.3 Å². The van der Waals surface area contributed by atoms with Crippen molar-refractivity contribution in [3.63, 3.8) is 0 Å². The van der Waals surface area contributed by atoms with E-state index < -0.39 is 0 Å². The molecule has 3 rings (SSSR count). The standard InChI is InChI=1S/C15H18N4O/c20-15(17-10-11-6-4-5-9-16-11)14-12-7-2-1-3-8-13(12)18-19-14/h1-6,8-9,12-14,18-19H,7,10H2,(H,17,20). The van der Waals surface area contributed by atoms with Crippen molar-refractivity contribution in [3.8, 4) is 0 Å². The first-order valence-electron chi connectivity index (χ1n) is 6.86. The third-order valence-corrected chi connectivity index (χ3v) is 3.72. The molecule has 0 saturated carbocycles. The van der Waals surface area contributed by atoms with Gasteiger partial charge in [0, 0.05) is 18.2 Å². The molecule has 3 N–H and O–H groups in total. The SMILES string of the molecule is O=C(NCc1ccccn1)C1NNC2C=CC=CCC21. The van der Waals surface area contributed by atoms with Crippen LogP contribution in [0.2, 0.25) is 0 Å². The summed E-state index contributed by atoms with van der Waals surface area (Å²) < 4.78 is 0. The lowest BCUT2D eigenvalue weighted by Gasteiger charge is -2.18. The average molecular weight is 270 g/mol. The Morgan fingerprint density at radius 3 is 3.15 bits per heavy atom. The Morgan fingerprint density at radius 1 is 1.35 bits per heavy atom. The number of allylic oxidation sites excluding steroid dienone is 3. The second-order valence-electron chi connectivity index (χ2n) is 5.04. The molecule has 2 heterocycles. The number of fused-ring (bicyclic) bond motifs is 1. The summed E-state index contributed by atoms with van der Waals surface area (Å²) in [7, 11) is 0. The summed E-state index contributed by atoms with van der Waals surface area (Å²) in [5.74, 6) is 0.257. The van der Waals surface area contributed by atoms with E-state index >= 15 is 0 Å². The third kappa shape index (κ3) is 2.79. The first kappa shape index (κ1) is 13.0. The molecule has 1 aliphatic carbocycles. The van der Waals surface area contributed by atoms with Gasteiger partial charge in [-0.25, -0.2) is 10.9 Å². The van der Waals surface area contributed by atoms with Gasteiger partial charge in [-0.2, -0.15) is 0 Å². The van der Waals surface area contributed by atoms with E-state index in [1.807, 2.05) is 30.4 Å². The molecule has 2 aliphatic rings. The van der Waals surface area contributed by atoms with Crippen molar-refractivity contribution >= 4 is 5.91 Å². The van der Waals surface area contributed by atoms with E-state index in [0.29, 0.717) is 6.54 Å². The number of hydrazine groups is 1. The lowest BCUT2D eigenvalue weighted by Crippen LogP contribution is -2.45. The van der Waals surface area contributed by atoms with Gasteiger partial charge in [0.1, 0.15) is 6.04 Å². The van der Waals surface area contributed by atoms with Crippen LogP contribution in [-0.4, -0.2) is 23.0 Å². The monoisotopic (exact) mass is 270 g/mol. The predicted octanol–water partition coefficient (Wildman–Crippen LogP) is 0.675. The van der Waals surface area contributed by atoms with Gasteiger partial charge in [-0.3, -0.25) is 9.78 Å². The van der Waals surface area contributed by atoms with Gasteiger partial charge >= 0.3 is 0 Å². The molecule has 5 nitrogen and oxygen atoms in total. The number of carbonyl (C=O) groups is 1. The zero-order valence-corrected chi connectivity index (χ0v) is 11.1. The molecule has 0 bridgehead atoms. The molecule has 0 aromatic carbocycles. The summed E-state index contributed by atoms with van der Waals surface area (Å²) in [6, 6.07) is 5.68. The first-order valence-corrected chi connectivity index (χ1v) is 6.86. The summed E-state index contributed by atoms with van der Waals surface area (Å²) in [6.45, 7) is 0.459. The van der Waals surface area contributed by atoms with Gasteiger partial charge in [-0.15, -0.1) is 0 Å². The number of nitrogens with zero attached hydrogens (tertiary/aromatic N) is 1. The van der Waals surface area contributed by atoms with Gasteiger partial charge in [0.15, 0.2) is 0 Å². The van der Waals surface area contributed by atoms with Crippen LogP contribution >= 0.6 is 0 Å². The smallest absolute Gasteiger partial charge is 0.239 e. The molecule has 1 saturated heterocycles. The highest BCUT2D eigenvalue weighted by Crippen LogP contribution is 2.22. The highest BCUT2D eigenvalue weighted by Gasteiger charge is 2.38. The molecule has 0 radical (unpaired) electrons. The summed E-state index contributed by atoms with van der Waals surface area (Å²) in [5, 5.41) is 2.94. The zero-order valence-electron chi connectivity index (χ0n) is 11.1. The van der Waals surface area contributed by atoms with Crippen LogP contribution in [0.5, 0.6) is 0 Å². The van der Waals surface area contributed by atoms with Crippen LogP contribution in [0, 0.1) is 5.92 Å². The molecule has 1 amide bonds. The molecule has 1 fully saturated rings. The Labute approximate surface area is 118 Å². The molecule has 3 atom stereocenters. The van der Waals surface area contributed by atoms with Crippen LogP contribution in [0.3, 0.4) is 0 Å². The number of rotatable bonds is 3. The van der Waals surface area contributed by atoms with Gasteiger partial charge < -0.3 is 5.32 Å². The van der Waals surface area contributed by atoms with Gasteiger partial charge in [0.05, 0.1) is 12.2 Å². The quantitative estimate of drug-likeness (QED) is 0.755. The highest BCUT2D eigenvalue weighted by molar-refractivity contribution is 5.82. The number of nitrogens with one attached hydrogen (secondary N) is 3. The van der Waals surface area contributed by atoms with Gasteiger partial charge in [-0.1, -0.05) is 30.4 Å². The van der Waals surface area contributed by atoms with E-state index in [0.717, 1.165) is 12.1 Å². The van der Waals surface area contributed by atoms with E-state index in [1.165, 1.54) is 0 Å². The Bertz CT molecular complexity index is 526. The predicted molar refractivity (Wildman–Crippen MR) is 76.3 cm³/mol. The van der Waals surface area contributed by atoms with E-state index in [1.54, 1.807) is 6.20 Å². The molecule has 1 aromatic rings. The number of hydrogen-bond acceptors (Lipinski definition) is 4. The normalized spacial score (nSPS) is 27.9. The zero-order chi connectivity index (χ0) is 13.8. The van der Waals surface area contributed by atoms with Crippen LogP contribution in [0.1, 0.15) is 12.1 Å². The lowest BCUT2D eigenvalue weighted by atomic mass is 9.91. The summed E-state index contributed by atoms with van der Waals surface area (Å²) in [5.41, 5.74) is 7.13. The molecule has 3 unspecified atom stereocenters. The van der Waals surface area contributed by atoms with Gasteiger partial charge in [0.25, 0.3) is 0 Å². The summed E-state index contributed by atoms with van der Waals surface area (Å²) in [4.78, 5) is 16.5. The van der Waals surface area contributed by atoms with E-state index in [4.69, 9.17) is 0 Å². The lowest BCUT2D eigenvalue weighted by molar-refractivity contribution is -0.123. The van der Waals surface area contributed by atoms with E-state index in [2.05, 4.69) is 33.3 Å². The summed E-state index contributed by atoms with van der Waals surface area (Å²) in [6.07, 6.45) is 10.9. The Morgan fingerprint density at radius 2 is 2.30 bits per heavy atom. The number of aromatic nitrogens is 1. The van der Waals surface area contributed by atoms with Crippen LogP contribution < -0.4 is 16.2 Å². The van der Waals surface area contributed by atoms with Crippen molar-refractivity contribution in [2.45, 2.75) is 25.0 Å². The number of pyridine rings is 1. The third-order valence-electron chi connectivity index (χ3n) is 3.72. The van der Waals surface area contributed by atoms with Crippen LogP contribution in [0.15, 0.2) is 48.7 Å². The van der Waals surface area contributed by atoms with Crippen molar-refractivity contribution in [1.82, 2.24) is 21.2 Å². The maximum Gasteiger partial charge on any atom is 0.239 e. The van der Waals surface area contributed by atoms with Crippen molar-refractivity contribution in [2.75, 3.05) is 0 Å².